The van der Waals surface area contributed by atoms with Crippen LogP contribution in [-0.4, -0.2) is 35.8 Å². The number of hydrogen-bond acceptors (Lipinski definition) is 4. The summed E-state index contributed by atoms with van der Waals surface area (Å²) < 4.78 is 0. The Hall–Kier alpha value is -2.76. The number of nitrogen functional groups attached to an aromatic ring is 1. The third kappa shape index (κ3) is 4.63. The number of nitrogens with one attached hydrogen (secondary N) is 1. The van der Waals surface area contributed by atoms with Crippen LogP contribution in [0.4, 0.5) is 16.2 Å². The molecule has 0 bridgehead atoms. The summed E-state index contributed by atoms with van der Waals surface area (Å²) >= 11 is 0. The van der Waals surface area contributed by atoms with Crippen LogP contribution in [0.1, 0.15) is 39.3 Å². The van der Waals surface area contributed by atoms with Crippen molar-refractivity contribution in [1.82, 2.24) is 10.3 Å². The predicted octanol–water partition coefficient (Wildman–Crippen LogP) is 4.54. The molecule has 6 nitrogen and oxygen atoms in total. The molecule has 0 spiro atoms. The predicted molar refractivity (Wildman–Crippen MR) is 118 cm³/mol. The molecule has 6 heteroatoms. The van der Waals surface area contributed by atoms with Crippen LogP contribution >= 0.6 is 0 Å². The number of pyridine rings is 1. The van der Waals surface area contributed by atoms with Crippen molar-refractivity contribution in [3.63, 3.8) is 0 Å². The Morgan fingerprint density at radius 3 is 2.45 bits per heavy atom. The number of anilines is 2. The van der Waals surface area contributed by atoms with Gasteiger partial charge in [-0.25, -0.2) is 4.79 Å². The van der Waals surface area contributed by atoms with E-state index >= 15 is 0 Å². The zero-order chi connectivity index (χ0) is 21.4. The van der Waals surface area contributed by atoms with Crippen molar-refractivity contribution in [3.8, 4) is 11.1 Å². The van der Waals surface area contributed by atoms with Gasteiger partial charge in [-0.2, -0.15) is 0 Å². The van der Waals surface area contributed by atoms with Crippen LogP contribution in [0, 0.1) is 17.8 Å². The molecule has 2 aromatic rings. The average molecular weight is 397 g/mol. The summed E-state index contributed by atoms with van der Waals surface area (Å²) in [5.41, 5.74) is 10.5. The molecule has 156 valence electrons. The van der Waals surface area contributed by atoms with Crippen molar-refractivity contribution in [3.05, 3.63) is 42.2 Å². The van der Waals surface area contributed by atoms with E-state index in [0.29, 0.717) is 0 Å². The third-order valence-electron chi connectivity index (χ3n) is 5.93. The van der Waals surface area contributed by atoms with Crippen LogP contribution in [0.3, 0.4) is 0 Å². The molecule has 4 N–H and O–H groups in total. The Morgan fingerprint density at radius 1 is 1.31 bits per heavy atom. The van der Waals surface area contributed by atoms with E-state index in [-0.39, 0.29) is 16.9 Å². The van der Waals surface area contributed by atoms with Crippen molar-refractivity contribution < 1.29 is 9.90 Å². The zero-order valence-electron chi connectivity index (χ0n) is 18.0. The summed E-state index contributed by atoms with van der Waals surface area (Å²) in [5.74, 6) is 0. The van der Waals surface area contributed by atoms with Crippen LogP contribution in [0.2, 0.25) is 0 Å². The van der Waals surface area contributed by atoms with Gasteiger partial charge in [-0.3, -0.25) is 4.98 Å². The first-order valence-electron chi connectivity index (χ1n) is 10.0. The van der Waals surface area contributed by atoms with Gasteiger partial charge in [-0.05, 0) is 48.9 Å². The Bertz CT molecular complexity index is 883. The lowest BCUT2D eigenvalue weighted by Crippen LogP contribution is -2.52. The van der Waals surface area contributed by atoms with E-state index in [4.69, 9.17) is 5.73 Å². The van der Waals surface area contributed by atoms with Gasteiger partial charge in [0.15, 0.2) is 0 Å². The quantitative estimate of drug-likeness (QED) is 0.624. The number of nitrogens with two attached hydrogens (primary N) is 1. The molecule has 0 saturated heterocycles. The first-order chi connectivity index (χ1) is 13.5. The number of carbonyl (C=O) groups is 1. The second kappa shape index (κ2) is 7.58. The van der Waals surface area contributed by atoms with Crippen molar-refractivity contribution in [2.75, 3.05) is 24.2 Å². The highest BCUT2D eigenvalue weighted by atomic mass is 16.4. The summed E-state index contributed by atoms with van der Waals surface area (Å²) in [6.07, 6.45) is 2.97. The Kier molecular flexibility index (Phi) is 5.48. The molecule has 1 saturated carbocycles. The van der Waals surface area contributed by atoms with Crippen LogP contribution in [0.15, 0.2) is 36.5 Å². The third-order valence-corrected chi connectivity index (χ3v) is 5.93. The summed E-state index contributed by atoms with van der Waals surface area (Å²) in [6.45, 7) is 9.08. The summed E-state index contributed by atoms with van der Waals surface area (Å²) in [4.78, 5) is 18.2. The lowest BCUT2D eigenvalue weighted by atomic mass is 9.76. The van der Waals surface area contributed by atoms with Crippen LogP contribution in [-0.2, 0) is 0 Å². The van der Waals surface area contributed by atoms with Crippen molar-refractivity contribution in [2.24, 2.45) is 10.8 Å². The smallest absolute Gasteiger partial charge is 0.404 e. The fourth-order valence-corrected chi connectivity index (χ4v) is 4.36. The molecule has 1 atom stereocenters. The van der Waals surface area contributed by atoms with Crippen LogP contribution in [0.5, 0.6) is 0 Å². The maximum atomic E-state index is 11.4. The lowest BCUT2D eigenvalue weighted by Gasteiger charge is -2.39. The van der Waals surface area contributed by atoms with Crippen LogP contribution < -0.4 is 16.0 Å². The summed E-state index contributed by atoms with van der Waals surface area (Å²) in [5, 5.41) is 12.2. The molecule has 0 radical (unpaired) electrons. The van der Waals surface area contributed by atoms with Gasteiger partial charge in [0.2, 0.25) is 0 Å². The number of rotatable bonds is 6. The van der Waals surface area contributed by atoms with E-state index in [9.17, 15) is 9.90 Å². The zero-order valence-corrected chi connectivity index (χ0v) is 18.0. The molecule has 1 unspecified atom stereocenters. The minimum absolute atomic E-state index is 0.0579. The monoisotopic (exact) mass is 396 g/mol. The second-order valence-electron chi connectivity index (χ2n) is 9.42. The molecular weight excluding hydrogens is 364 g/mol. The van der Waals surface area contributed by atoms with Gasteiger partial charge in [0.1, 0.15) is 0 Å². The topological polar surface area (TPSA) is 91.5 Å². The molecule has 3 rings (SSSR count). The SMILES string of the molecule is Cc1ncc(N(C)CC2(C(NC(=O)O)C(C)(C)C)CC2)cc1-c1ccc(N)cc1. The molecule has 1 fully saturated rings. The highest BCUT2D eigenvalue weighted by Gasteiger charge is 2.54. The highest BCUT2D eigenvalue weighted by Crippen LogP contribution is 2.54. The fourth-order valence-electron chi connectivity index (χ4n) is 4.36. The number of aromatic nitrogens is 1. The Labute approximate surface area is 173 Å². The molecule has 1 aromatic carbocycles. The van der Waals surface area contributed by atoms with Crippen molar-refractivity contribution >= 4 is 17.5 Å². The number of carboxylic acid groups (broad SMARTS) is 1. The minimum atomic E-state index is -0.957. The van der Waals surface area contributed by atoms with E-state index in [2.05, 4.69) is 49.1 Å². The number of hydrogen-bond donors (Lipinski definition) is 3. The maximum Gasteiger partial charge on any atom is 0.404 e. The standard InChI is InChI=1S/C23H32N4O2/c1-15-19(16-6-8-17(24)9-7-16)12-18(13-25-15)27(5)14-23(10-11-23)20(22(2,3)4)26-21(28)29/h6-9,12-13,20,26H,10-11,14,24H2,1-5H3,(H,28,29). The van der Waals surface area contributed by atoms with Crippen LogP contribution in [0.25, 0.3) is 11.1 Å². The number of amides is 1. The van der Waals surface area contributed by atoms with Crippen molar-refractivity contribution in [2.45, 2.75) is 46.6 Å². The van der Waals surface area contributed by atoms with Gasteiger partial charge >= 0.3 is 6.09 Å². The lowest BCUT2D eigenvalue weighted by molar-refractivity contribution is 0.146. The normalized spacial score (nSPS) is 16.2. The maximum absolute atomic E-state index is 11.4. The van der Waals surface area contributed by atoms with Gasteiger partial charge in [-0.1, -0.05) is 32.9 Å². The first-order valence-corrected chi connectivity index (χ1v) is 10.0. The fraction of sp³-hybridized carbons (Fsp3) is 0.478. The van der Waals surface area contributed by atoms with E-state index in [1.54, 1.807) is 0 Å². The molecule has 1 heterocycles. The summed E-state index contributed by atoms with van der Waals surface area (Å²) in [7, 11) is 2.06. The van der Waals surface area contributed by atoms with Gasteiger partial charge in [0.05, 0.1) is 11.9 Å². The van der Waals surface area contributed by atoms with Gasteiger partial charge in [0.25, 0.3) is 0 Å². The molecule has 1 aliphatic rings. The second-order valence-corrected chi connectivity index (χ2v) is 9.42. The Morgan fingerprint density at radius 2 is 1.93 bits per heavy atom. The van der Waals surface area contributed by atoms with Gasteiger partial charge in [-0.15, -0.1) is 0 Å². The number of benzene rings is 1. The van der Waals surface area contributed by atoms with E-state index in [1.165, 1.54) is 0 Å². The van der Waals surface area contributed by atoms with E-state index in [1.807, 2.05) is 37.4 Å². The van der Waals surface area contributed by atoms with E-state index < -0.39 is 6.09 Å². The van der Waals surface area contributed by atoms with E-state index in [0.717, 1.165) is 47.6 Å². The molecule has 1 amide bonds. The van der Waals surface area contributed by atoms with Crippen molar-refractivity contribution in [1.29, 1.82) is 0 Å². The molecule has 0 aliphatic heterocycles. The minimum Gasteiger partial charge on any atom is -0.465 e. The highest BCUT2D eigenvalue weighted by molar-refractivity contribution is 5.71. The van der Waals surface area contributed by atoms with Gasteiger partial charge < -0.3 is 21.1 Å². The molecule has 1 aliphatic carbocycles. The largest absolute Gasteiger partial charge is 0.465 e. The molecular formula is C23H32N4O2. The number of nitrogens with zero attached hydrogens (tertiary/aromatic N) is 2. The Balaban J connectivity index is 1.85. The first kappa shape index (κ1) is 21.0. The average Bonchev–Trinajstić information content (AvgIpc) is 3.40. The molecule has 29 heavy (non-hydrogen) atoms. The summed E-state index contributed by atoms with van der Waals surface area (Å²) in [6, 6.07) is 9.87. The number of aryl methyl sites for hydroxylation is 1. The molecule has 1 aromatic heterocycles. The van der Waals surface area contributed by atoms with Gasteiger partial charge in [0, 0.05) is 42.0 Å².